The van der Waals surface area contributed by atoms with Crippen LogP contribution in [-0.2, 0) is 43.2 Å². The van der Waals surface area contributed by atoms with Gasteiger partial charge in [0.05, 0.1) is 12.6 Å². The first-order valence-corrected chi connectivity index (χ1v) is 15.8. The Morgan fingerprint density at radius 3 is 1.68 bits per heavy atom. The molecule has 4 amide bonds. The number of nitrogens with one attached hydrogen (secondary N) is 5. The smallest absolute Gasteiger partial charge is 0.328 e. The number of aliphatic hydroxyl groups excluding tert-OH is 1. The zero-order valence-corrected chi connectivity index (χ0v) is 27.1. The maximum Gasteiger partial charge on any atom is 0.328 e. The topological polar surface area (TPSA) is 256 Å². The summed E-state index contributed by atoms with van der Waals surface area (Å²) >= 11 is 0. The summed E-state index contributed by atoms with van der Waals surface area (Å²) in [7, 11) is 0. The summed E-state index contributed by atoms with van der Waals surface area (Å²) in [6.07, 6.45) is -0.0286. The Morgan fingerprint density at radius 1 is 0.700 bits per heavy atom. The van der Waals surface area contributed by atoms with E-state index in [4.69, 9.17) is 5.73 Å². The fraction of sp³-hybridized carbons (Fsp3) is 0.286. The second-order valence-corrected chi connectivity index (χ2v) is 11.8. The summed E-state index contributed by atoms with van der Waals surface area (Å²) in [6, 6.07) is 13.5. The molecule has 0 aliphatic carbocycles. The molecular formula is C35H40N6O9. The maximum absolute atomic E-state index is 14.0. The highest BCUT2D eigenvalue weighted by Crippen LogP contribution is 2.20. The van der Waals surface area contributed by atoms with Crippen molar-refractivity contribution in [1.29, 1.82) is 0 Å². The number of carboxylic acids is 1. The normalized spacial score (nSPS) is 14.1. The molecule has 264 valence electrons. The van der Waals surface area contributed by atoms with E-state index in [-0.39, 0.29) is 30.8 Å². The average Bonchev–Trinajstić information content (AvgIpc) is 3.50. The minimum Gasteiger partial charge on any atom is -0.508 e. The SMILES string of the molecule is C[C@@H](O)[C@H](NC(=O)[C@H](Cc1c[nH]c2ccccc12)NC(=O)[C@H](Cc1ccc(O)cc1)NC(=O)[C@H](Cc1ccc(O)cc1)NC(=O)CN)C(=O)O. The van der Waals surface area contributed by atoms with Gasteiger partial charge in [-0.1, -0.05) is 42.5 Å². The van der Waals surface area contributed by atoms with Crippen molar-refractivity contribution in [2.24, 2.45) is 5.73 Å². The zero-order chi connectivity index (χ0) is 36.4. The molecule has 0 saturated carbocycles. The number of aromatic hydroxyl groups is 2. The minimum absolute atomic E-state index is 0.000674. The van der Waals surface area contributed by atoms with E-state index in [1.807, 2.05) is 18.2 Å². The number of hydrogen-bond donors (Lipinski definition) is 10. The van der Waals surface area contributed by atoms with Crippen LogP contribution in [0.15, 0.2) is 79.0 Å². The first kappa shape index (κ1) is 36.9. The van der Waals surface area contributed by atoms with Gasteiger partial charge in [0.2, 0.25) is 23.6 Å². The van der Waals surface area contributed by atoms with Gasteiger partial charge in [-0.25, -0.2) is 4.79 Å². The van der Waals surface area contributed by atoms with E-state index in [2.05, 4.69) is 26.3 Å². The fourth-order valence-corrected chi connectivity index (χ4v) is 5.32. The lowest BCUT2D eigenvalue weighted by Gasteiger charge is -2.27. The minimum atomic E-state index is -1.68. The standard InChI is InChI=1S/C35H40N6O9/c1-19(42)31(35(49)50)41-34(48)29(16-22-18-37-26-5-3-2-4-25(22)26)40-33(47)28(15-21-8-12-24(44)13-9-21)39-32(46)27(38-30(45)17-36)14-20-6-10-23(43)11-7-20/h2-13,18-19,27-29,31,37,42-44H,14-17,36H2,1H3,(H,38,45)(H,39,46)(H,40,47)(H,41,48)(H,49,50)/t19-,27+,28+,29+,31+/m1/s1. The maximum atomic E-state index is 14.0. The highest BCUT2D eigenvalue weighted by atomic mass is 16.4. The number of aliphatic carboxylic acids is 1. The van der Waals surface area contributed by atoms with Crippen LogP contribution in [0.3, 0.4) is 0 Å². The molecular weight excluding hydrogens is 648 g/mol. The number of aromatic amines is 1. The Morgan fingerprint density at radius 2 is 1.18 bits per heavy atom. The molecule has 0 fully saturated rings. The van der Waals surface area contributed by atoms with Crippen molar-refractivity contribution in [2.45, 2.75) is 56.5 Å². The van der Waals surface area contributed by atoms with Crippen molar-refractivity contribution in [2.75, 3.05) is 6.54 Å². The van der Waals surface area contributed by atoms with E-state index >= 15 is 0 Å². The van der Waals surface area contributed by atoms with Crippen molar-refractivity contribution in [3.8, 4) is 11.5 Å². The number of H-pyrrole nitrogens is 1. The average molecular weight is 689 g/mol. The molecule has 3 aromatic carbocycles. The van der Waals surface area contributed by atoms with Gasteiger partial charge in [0, 0.05) is 36.4 Å². The van der Waals surface area contributed by atoms with E-state index in [0.717, 1.165) is 10.9 Å². The number of rotatable bonds is 16. The first-order valence-electron chi connectivity index (χ1n) is 15.8. The van der Waals surface area contributed by atoms with Crippen molar-refractivity contribution in [3.05, 3.63) is 95.7 Å². The molecule has 11 N–H and O–H groups in total. The number of aromatic nitrogens is 1. The monoisotopic (exact) mass is 688 g/mol. The molecule has 5 atom stereocenters. The largest absolute Gasteiger partial charge is 0.508 e. The van der Waals surface area contributed by atoms with E-state index in [1.54, 1.807) is 36.5 Å². The quantitative estimate of drug-likeness (QED) is 0.0752. The first-order chi connectivity index (χ1) is 23.8. The molecule has 0 spiro atoms. The van der Waals surface area contributed by atoms with Crippen LogP contribution in [0.4, 0.5) is 0 Å². The molecule has 0 bridgehead atoms. The number of phenols is 2. The van der Waals surface area contributed by atoms with Gasteiger partial charge in [0.1, 0.15) is 29.6 Å². The summed E-state index contributed by atoms with van der Waals surface area (Å²) in [4.78, 5) is 68.5. The van der Waals surface area contributed by atoms with Crippen LogP contribution in [-0.4, -0.2) is 91.8 Å². The number of hydrogen-bond acceptors (Lipinski definition) is 9. The highest BCUT2D eigenvalue weighted by Gasteiger charge is 2.33. The van der Waals surface area contributed by atoms with Gasteiger partial charge in [-0.05, 0) is 53.9 Å². The van der Waals surface area contributed by atoms with Crippen LogP contribution in [0, 0.1) is 0 Å². The number of carbonyl (C=O) groups is 5. The third-order valence-corrected chi connectivity index (χ3v) is 8.00. The van der Waals surface area contributed by atoms with Crippen molar-refractivity contribution >= 4 is 40.5 Å². The van der Waals surface area contributed by atoms with Crippen molar-refractivity contribution in [3.63, 3.8) is 0 Å². The third-order valence-electron chi connectivity index (χ3n) is 8.00. The van der Waals surface area contributed by atoms with Gasteiger partial charge in [0.25, 0.3) is 0 Å². The zero-order valence-electron chi connectivity index (χ0n) is 27.1. The third kappa shape index (κ3) is 10.0. The highest BCUT2D eigenvalue weighted by molar-refractivity contribution is 5.96. The van der Waals surface area contributed by atoms with E-state index < -0.39 is 66.4 Å². The Balaban J connectivity index is 1.65. The molecule has 0 saturated heterocycles. The van der Waals surface area contributed by atoms with Crippen LogP contribution >= 0.6 is 0 Å². The van der Waals surface area contributed by atoms with Crippen LogP contribution in [0.1, 0.15) is 23.6 Å². The van der Waals surface area contributed by atoms with Gasteiger partial charge in [-0.15, -0.1) is 0 Å². The summed E-state index contributed by atoms with van der Waals surface area (Å²) in [5, 5.41) is 50.0. The molecule has 0 aliphatic rings. The Hall–Kier alpha value is -5.93. The predicted octanol–water partition coefficient (Wildman–Crippen LogP) is -0.0297. The fourth-order valence-electron chi connectivity index (χ4n) is 5.32. The molecule has 50 heavy (non-hydrogen) atoms. The summed E-state index contributed by atoms with van der Waals surface area (Å²) in [6.45, 7) is 0.790. The van der Waals surface area contributed by atoms with Crippen LogP contribution in [0.2, 0.25) is 0 Å². The number of benzene rings is 3. The summed E-state index contributed by atoms with van der Waals surface area (Å²) < 4.78 is 0. The Labute approximate surface area is 286 Å². The van der Waals surface area contributed by atoms with Gasteiger partial charge in [-0.3, -0.25) is 19.2 Å². The number of para-hydroxylation sites is 1. The van der Waals surface area contributed by atoms with Gasteiger partial charge >= 0.3 is 5.97 Å². The molecule has 15 nitrogen and oxygen atoms in total. The van der Waals surface area contributed by atoms with Crippen LogP contribution < -0.4 is 27.0 Å². The van der Waals surface area contributed by atoms with Crippen LogP contribution in [0.25, 0.3) is 10.9 Å². The van der Waals surface area contributed by atoms with Gasteiger partial charge in [0.15, 0.2) is 6.04 Å². The van der Waals surface area contributed by atoms with E-state index in [0.29, 0.717) is 16.7 Å². The number of nitrogens with two attached hydrogens (primary N) is 1. The molecule has 15 heteroatoms. The second kappa shape index (κ2) is 16.9. The lowest BCUT2D eigenvalue weighted by atomic mass is 10.0. The number of amides is 4. The molecule has 0 unspecified atom stereocenters. The van der Waals surface area contributed by atoms with Crippen LogP contribution in [0.5, 0.6) is 11.5 Å². The molecule has 0 radical (unpaired) electrons. The van der Waals surface area contributed by atoms with E-state index in [1.165, 1.54) is 31.2 Å². The number of carboxylic acid groups (broad SMARTS) is 1. The number of phenolic OH excluding ortho intramolecular Hbond substituents is 2. The van der Waals surface area contributed by atoms with Crippen molar-refractivity contribution in [1.82, 2.24) is 26.3 Å². The predicted molar refractivity (Wildman–Crippen MR) is 182 cm³/mol. The number of carbonyl (C=O) groups excluding carboxylic acids is 4. The summed E-state index contributed by atoms with van der Waals surface area (Å²) in [5.74, 6) is -4.61. The molecule has 4 rings (SSSR count). The number of fused-ring (bicyclic) bond motifs is 1. The molecule has 4 aromatic rings. The van der Waals surface area contributed by atoms with E-state index in [9.17, 15) is 44.4 Å². The second-order valence-electron chi connectivity index (χ2n) is 11.8. The molecule has 1 heterocycles. The summed E-state index contributed by atoms with van der Waals surface area (Å²) in [5.41, 5.74) is 7.99. The lowest BCUT2D eigenvalue weighted by Crippen LogP contribution is -2.60. The van der Waals surface area contributed by atoms with Gasteiger partial charge in [-0.2, -0.15) is 0 Å². The van der Waals surface area contributed by atoms with Crippen molar-refractivity contribution < 1.29 is 44.4 Å². The Kier molecular flexibility index (Phi) is 12.5. The molecule has 0 aliphatic heterocycles. The lowest BCUT2D eigenvalue weighted by molar-refractivity contribution is -0.145. The Bertz CT molecular complexity index is 1810. The van der Waals surface area contributed by atoms with Gasteiger partial charge < -0.3 is 52.4 Å². The molecule has 1 aromatic heterocycles. The number of aliphatic hydroxyl groups is 1.